The third kappa shape index (κ3) is 3.08. The fourth-order valence-corrected chi connectivity index (χ4v) is 5.01. The number of aryl methyl sites for hydroxylation is 1. The quantitative estimate of drug-likeness (QED) is 0.618. The van der Waals surface area contributed by atoms with Crippen LogP contribution in [0.2, 0.25) is 0 Å². The summed E-state index contributed by atoms with van der Waals surface area (Å²) >= 11 is 0. The van der Waals surface area contributed by atoms with Gasteiger partial charge in [0.15, 0.2) is 6.61 Å². The van der Waals surface area contributed by atoms with E-state index < -0.39 is 24.5 Å². The zero-order chi connectivity index (χ0) is 20.0. The molecule has 2 saturated carbocycles. The largest absolute Gasteiger partial charge is 0.454 e. The summed E-state index contributed by atoms with van der Waals surface area (Å²) in [5, 5.41) is 2.64. The Labute approximate surface area is 163 Å². The molecule has 1 heterocycles. The number of carbonyl (C=O) groups excluding carboxylic acids is 4. The van der Waals surface area contributed by atoms with Gasteiger partial charge in [-0.25, -0.2) is 4.79 Å². The molecule has 0 spiro atoms. The number of anilines is 1. The van der Waals surface area contributed by atoms with Crippen LogP contribution >= 0.6 is 0 Å². The Kier molecular flexibility index (Phi) is 4.69. The molecule has 0 aromatic heterocycles. The van der Waals surface area contributed by atoms with Gasteiger partial charge in [0.1, 0.15) is 6.04 Å². The molecule has 2 aliphatic carbocycles. The van der Waals surface area contributed by atoms with E-state index in [1.54, 1.807) is 12.1 Å². The molecule has 148 valence electrons. The number of imide groups is 1. The first-order valence-electron chi connectivity index (χ1n) is 9.77. The average Bonchev–Trinajstić information content (AvgIpc) is 3.35. The maximum atomic E-state index is 12.8. The van der Waals surface area contributed by atoms with Gasteiger partial charge in [0.05, 0.1) is 11.8 Å². The molecule has 3 aliphatic rings. The van der Waals surface area contributed by atoms with E-state index in [0.717, 1.165) is 29.7 Å². The van der Waals surface area contributed by atoms with E-state index in [2.05, 4.69) is 5.32 Å². The lowest BCUT2D eigenvalue weighted by atomic mass is 9.81. The number of hydrogen-bond donors (Lipinski definition) is 1. The highest BCUT2D eigenvalue weighted by Crippen LogP contribution is 2.56. The van der Waals surface area contributed by atoms with Gasteiger partial charge in [-0.1, -0.05) is 17.7 Å². The predicted octanol–water partition coefficient (Wildman–Crippen LogP) is 1.90. The van der Waals surface area contributed by atoms with Gasteiger partial charge in [-0.15, -0.1) is 0 Å². The van der Waals surface area contributed by atoms with Crippen LogP contribution in [0.15, 0.2) is 24.3 Å². The molecule has 2 bridgehead atoms. The van der Waals surface area contributed by atoms with Crippen molar-refractivity contribution in [2.75, 3.05) is 11.9 Å². The normalized spacial score (nSPS) is 29.0. The van der Waals surface area contributed by atoms with Crippen LogP contribution in [0.4, 0.5) is 5.69 Å². The number of rotatable bonds is 5. The Morgan fingerprint density at radius 3 is 2.25 bits per heavy atom. The molecule has 0 unspecified atom stereocenters. The molecular weight excluding hydrogens is 360 g/mol. The second kappa shape index (κ2) is 7.04. The summed E-state index contributed by atoms with van der Waals surface area (Å²) in [6, 6.07) is 6.21. The predicted molar refractivity (Wildman–Crippen MR) is 99.9 cm³/mol. The van der Waals surface area contributed by atoms with Crippen molar-refractivity contribution in [2.24, 2.45) is 23.7 Å². The third-order valence-electron chi connectivity index (χ3n) is 6.37. The number of carbonyl (C=O) groups is 4. The summed E-state index contributed by atoms with van der Waals surface area (Å²) in [4.78, 5) is 51.0. The average molecular weight is 384 g/mol. The van der Waals surface area contributed by atoms with E-state index in [4.69, 9.17) is 4.74 Å². The monoisotopic (exact) mass is 384 g/mol. The molecule has 4 rings (SSSR count). The van der Waals surface area contributed by atoms with Gasteiger partial charge in [0.2, 0.25) is 11.8 Å². The van der Waals surface area contributed by atoms with Gasteiger partial charge >= 0.3 is 5.97 Å². The maximum Gasteiger partial charge on any atom is 0.329 e. The highest BCUT2D eigenvalue weighted by molar-refractivity contribution is 6.08. The SMILES string of the molecule is Cc1ccc(NC(=O)COC(=O)[C@@H](C)N2C(=O)[C@@H]3[C@H]4CC[C@@H](C4)[C@@H]3C2=O)cc1. The summed E-state index contributed by atoms with van der Waals surface area (Å²) in [6.07, 6.45) is 2.91. The number of esters is 1. The van der Waals surface area contributed by atoms with Crippen LogP contribution in [0.1, 0.15) is 31.7 Å². The van der Waals surface area contributed by atoms with Gasteiger partial charge in [-0.2, -0.15) is 0 Å². The van der Waals surface area contributed by atoms with E-state index in [-0.39, 0.29) is 35.5 Å². The fourth-order valence-electron chi connectivity index (χ4n) is 5.01. The lowest BCUT2D eigenvalue weighted by molar-refractivity contribution is -0.159. The van der Waals surface area contributed by atoms with Crippen molar-refractivity contribution < 1.29 is 23.9 Å². The Bertz CT molecular complexity index is 806. The van der Waals surface area contributed by atoms with Crippen LogP contribution in [0.25, 0.3) is 0 Å². The van der Waals surface area contributed by atoms with Crippen molar-refractivity contribution in [3.8, 4) is 0 Å². The molecular formula is C21H24N2O5. The summed E-state index contributed by atoms with van der Waals surface area (Å²) in [6.45, 7) is 2.96. The zero-order valence-corrected chi connectivity index (χ0v) is 16.0. The minimum atomic E-state index is -1.02. The number of fused-ring (bicyclic) bond motifs is 5. The molecule has 1 aromatic carbocycles. The van der Waals surface area contributed by atoms with E-state index in [9.17, 15) is 19.2 Å². The molecule has 7 nitrogen and oxygen atoms in total. The van der Waals surface area contributed by atoms with Crippen LogP contribution < -0.4 is 5.32 Å². The topological polar surface area (TPSA) is 92.8 Å². The second-order valence-corrected chi connectivity index (χ2v) is 8.13. The molecule has 0 radical (unpaired) electrons. The minimum Gasteiger partial charge on any atom is -0.454 e. The van der Waals surface area contributed by atoms with Gasteiger partial charge in [0.25, 0.3) is 5.91 Å². The van der Waals surface area contributed by atoms with Gasteiger partial charge in [-0.3, -0.25) is 19.3 Å². The number of likely N-dealkylation sites (tertiary alicyclic amines) is 1. The fraction of sp³-hybridized carbons (Fsp3) is 0.524. The van der Waals surface area contributed by atoms with Crippen molar-refractivity contribution in [3.63, 3.8) is 0 Å². The number of benzene rings is 1. The van der Waals surface area contributed by atoms with Crippen molar-refractivity contribution in [2.45, 2.75) is 39.2 Å². The number of amides is 3. The second-order valence-electron chi connectivity index (χ2n) is 8.13. The zero-order valence-electron chi connectivity index (χ0n) is 16.0. The first kappa shape index (κ1) is 18.7. The Balaban J connectivity index is 1.33. The first-order valence-corrected chi connectivity index (χ1v) is 9.77. The molecule has 1 aromatic rings. The van der Waals surface area contributed by atoms with Gasteiger partial charge in [0, 0.05) is 5.69 Å². The number of nitrogens with one attached hydrogen (secondary N) is 1. The van der Waals surface area contributed by atoms with E-state index in [1.807, 2.05) is 19.1 Å². The molecule has 5 atom stereocenters. The molecule has 3 fully saturated rings. The van der Waals surface area contributed by atoms with Crippen LogP contribution in [0.3, 0.4) is 0 Å². The Morgan fingerprint density at radius 2 is 1.68 bits per heavy atom. The van der Waals surface area contributed by atoms with Crippen LogP contribution in [0, 0.1) is 30.6 Å². The summed E-state index contributed by atoms with van der Waals surface area (Å²) in [5.41, 5.74) is 1.67. The van der Waals surface area contributed by atoms with Crippen molar-refractivity contribution in [1.82, 2.24) is 4.90 Å². The van der Waals surface area contributed by atoms with Crippen LogP contribution in [0.5, 0.6) is 0 Å². The summed E-state index contributed by atoms with van der Waals surface area (Å²) < 4.78 is 5.06. The molecule has 28 heavy (non-hydrogen) atoms. The Hall–Kier alpha value is -2.70. The molecule has 1 N–H and O–H groups in total. The third-order valence-corrected chi connectivity index (χ3v) is 6.37. The lowest BCUT2D eigenvalue weighted by Gasteiger charge is -2.23. The summed E-state index contributed by atoms with van der Waals surface area (Å²) in [7, 11) is 0. The van der Waals surface area contributed by atoms with Gasteiger partial charge < -0.3 is 10.1 Å². The molecule has 7 heteroatoms. The minimum absolute atomic E-state index is 0.254. The lowest BCUT2D eigenvalue weighted by Crippen LogP contribution is -2.45. The van der Waals surface area contributed by atoms with Crippen molar-refractivity contribution in [1.29, 1.82) is 0 Å². The number of ether oxygens (including phenoxy) is 1. The highest BCUT2D eigenvalue weighted by Gasteiger charge is 2.62. The van der Waals surface area contributed by atoms with Gasteiger partial charge in [-0.05, 0) is 57.1 Å². The van der Waals surface area contributed by atoms with Crippen LogP contribution in [-0.4, -0.2) is 41.2 Å². The van der Waals surface area contributed by atoms with Crippen molar-refractivity contribution >= 4 is 29.4 Å². The first-order chi connectivity index (χ1) is 13.4. The molecule has 1 saturated heterocycles. The van der Waals surface area contributed by atoms with Crippen molar-refractivity contribution in [3.05, 3.63) is 29.8 Å². The standard InChI is InChI=1S/C21H24N2O5/c1-11-3-7-15(8-4-11)22-16(24)10-28-21(27)12(2)23-19(25)17-13-5-6-14(9-13)18(17)20(23)26/h3-4,7-8,12-14,17-18H,5-6,9-10H2,1-2H3,(H,22,24)/t12-,13+,14+,17-,18+/m1/s1. The van der Waals surface area contributed by atoms with E-state index in [1.165, 1.54) is 6.92 Å². The summed E-state index contributed by atoms with van der Waals surface area (Å²) in [5.74, 6) is -1.74. The van der Waals surface area contributed by atoms with E-state index in [0.29, 0.717) is 5.69 Å². The smallest absolute Gasteiger partial charge is 0.329 e. The van der Waals surface area contributed by atoms with E-state index >= 15 is 0 Å². The number of nitrogens with zero attached hydrogens (tertiary/aromatic N) is 1. The number of hydrogen-bond acceptors (Lipinski definition) is 5. The van der Waals surface area contributed by atoms with Crippen LogP contribution in [-0.2, 0) is 23.9 Å². The highest BCUT2D eigenvalue weighted by atomic mass is 16.5. The Morgan fingerprint density at radius 1 is 1.11 bits per heavy atom. The maximum absolute atomic E-state index is 12.8. The molecule has 3 amide bonds. The molecule has 1 aliphatic heterocycles.